The highest BCUT2D eigenvalue weighted by Gasteiger charge is 2.11. The molecule has 1 aliphatic rings. The molecule has 2 N–H and O–H groups in total. The largest absolute Gasteiger partial charge is 0.399 e. The van der Waals surface area contributed by atoms with Gasteiger partial charge in [0.05, 0.1) is 11.1 Å². The molecule has 0 spiro atoms. The van der Waals surface area contributed by atoms with Crippen LogP contribution in [0.15, 0.2) is 34.1 Å². The summed E-state index contributed by atoms with van der Waals surface area (Å²) >= 11 is 1.47. The van der Waals surface area contributed by atoms with Crippen molar-refractivity contribution in [2.45, 2.75) is 13.5 Å². The molecule has 0 amide bonds. The van der Waals surface area contributed by atoms with Crippen molar-refractivity contribution in [1.82, 2.24) is 4.57 Å². The van der Waals surface area contributed by atoms with Gasteiger partial charge in [0, 0.05) is 12.2 Å². The average Bonchev–Trinajstić information content (AvgIpc) is 2.93. The number of aromatic nitrogens is 1. The van der Waals surface area contributed by atoms with E-state index >= 15 is 0 Å². The van der Waals surface area contributed by atoms with Crippen LogP contribution < -0.4 is 20.6 Å². The molecular formula is C13H13N3OS. The fourth-order valence-corrected chi connectivity index (χ4v) is 3.15. The lowest BCUT2D eigenvalue weighted by molar-refractivity contribution is 0.740. The minimum Gasteiger partial charge on any atom is -0.399 e. The van der Waals surface area contributed by atoms with E-state index in [0.717, 1.165) is 32.7 Å². The van der Waals surface area contributed by atoms with Crippen LogP contribution in [-0.4, -0.2) is 11.1 Å². The maximum atomic E-state index is 12.2. The van der Waals surface area contributed by atoms with Crippen LogP contribution in [0.2, 0.25) is 0 Å². The van der Waals surface area contributed by atoms with Crippen LogP contribution in [0.4, 0.5) is 5.69 Å². The topological polar surface area (TPSA) is 60.4 Å². The van der Waals surface area contributed by atoms with Gasteiger partial charge in [0.2, 0.25) is 0 Å². The number of benzene rings is 1. The third kappa shape index (κ3) is 1.67. The molecule has 0 unspecified atom stereocenters. The molecule has 92 valence electrons. The van der Waals surface area contributed by atoms with Crippen LogP contribution >= 0.6 is 11.3 Å². The van der Waals surface area contributed by atoms with Crippen LogP contribution in [0.3, 0.4) is 0 Å². The molecule has 2 heterocycles. The Labute approximate surface area is 108 Å². The quantitative estimate of drug-likeness (QED) is 0.751. The van der Waals surface area contributed by atoms with E-state index in [1.165, 1.54) is 11.3 Å². The predicted octanol–water partition coefficient (Wildman–Crippen LogP) is 0.344. The Kier molecular flexibility index (Phi) is 2.56. The van der Waals surface area contributed by atoms with Crippen molar-refractivity contribution in [3.05, 3.63) is 49.5 Å². The molecular weight excluding hydrogens is 246 g/mol. The van der Waals surface area contributed by atoms with Gasteiger partial charge in [0.1, 0.15) is 0 Å². The molecule has 5 heteroatoms. The van der Waals surface area contributed by atoms with Gasteiger partial charge in [0.15, 0.2) is 4.80 Å². The van der Waals surface area contributed by atoms with Gasteiger partial charge < -0.3 is 5.73 Å². The lowest BCUT2D eigenvalue weighted by Gasteiger charge is -2.00. The first-order valence-electron chi connectivity index (χ1n) is 5.78. The second kappa shape index (κ2) is 4.10. The third-order valence-electron chi connectivity index (χ3n) is 3.12. The van der Waals surface area contributed by atoms with Gasteiger partial charge in [0.25, 0.3) is 5.56 Å². The van der Waals surface area contributed by atoms with E-state index in [9.17, 15) is 4.79 Å². The number of rotatable bonds is 1. The monoisotopic (exact) mass is 259 g/mol. The molecule has 0 radical (unpaired) electrons. The van der Waals surface area contributed by atoms with Gasteiger partial charge >= 0.3 is 0 Å². The van der Waals surface area contributed by atoms with Gasteiger partial charge in [-0.3, -0.25) is 14.4 Å². The first kappa shape index (κ1) is 11.2. The standard InChI is InChI=1S/C13H13N3OS/c1-8(9-2-4-10(14)5-3-9)11-12(17)16-7-6-15-13(16)18-11/h2-5H,6-7,14H2,1H3/b11-8-. The summed E-state index contributed by atoms with van der Waals surface area (Å²) in [6.07, 6.45) is 0. The molecule has 0 aliphatic carbocycles. The van der Waals surface area contributed by atoms with E-state index in [1.54, 1.807) is 4.57 Å². The van der Waals surface area contributed by atoms with Gasteiger partial charge in [-0.2, -0.15) is 0 Å². The first-order chi connectivity index (χ1) is 8.66. The molecule has 18 heavy (non-hydrogen) atoms. The summed E-state index contributed by atoms with van der Waals surface area (Å²) in [4.78, 5) is 17.4. The van der Waals surface area contributed by atoms with E-state index in [1.807, 2.05) is 31.2 Å². The summed E-state index contributed by atoms with van der Waals surface area (Å²) in [5.74, 6) is 0. The molecule has 1 aliphatic heterocycles. The van der Waals surface area contributed by atoms with Crippen molar-refractivity contribution in [2.24, 2.45) is 4.99 Å². The van der Waals surface area contributed by atoms with Gasteiger partial charge in [-0.15, -0.1) is 0 Å². The number of nitrogens with zero attached hydrogens (tertiary/aromatic N) is 2. The SMILES string of the molecule is C/C(c1ccc(N)cc1)=c1/sc2n(c1=O)CCN=2. The fourth-order valence-electron chi connectivity index (χ4n) is 2.06. The van der Waals surface area contributed by atoms with Crippen LogP contribution in [0, 0.1) is 0 Å². The first-order valence-corrected chi connectivity index (χ1v) is 6.59. The molecule has 2 aromatic rings. The maximum Gasteiger partial charge on any atom is 0.270 e. The lowest BCUT2D eigenvalue weighted by Crippen LogP contribution is -2.30. The zero-order valence-electron chi connectivity index (χ0n) is 10.0. The number of anilines is 1. The van der Waals surface area contributed by atoms with Crippen LogP contribution in [-0.2, 0) is 6.54 Å². The summed E-state index contributed by atoms with van der Waals surface area (Å²) < 4.78 is 2.53. The minimum atomic E-state index is 0.0746. The van der Waals surface area contributed by atoms with Gasteiger partial charge in [-0.25, -0.2) is 0 Å². The highest BCUT2D eigenvalue weighted by Crippen LogP contribution is 2.12. The van der Waals surface area contributed by atoms with Gasteiger partial charge in [-0.1, -0.05) is 23.5 Å². The average molecular weight is 259 g/mol. The summed E-state index contributed by atoms with van der Waals surface area (Å²) in [5, 5.41) is 0. The summed E-state index contributed by atoms with van der Waals surface area (Å²) in [7, 11) is 0. The normalized spacial score (nSPS) is 15.2. The van der Waals surface area contributed by atoms with Crippen molar-refractivity contribution in [1.29, 1.82) is 0 Å². The summed E-state index contributed by atoms with van der Waals surface area (Å²) in [5.41, 5.74) is 8.49. The molecule has 0 fully saturated rings. The van der Waals surface area contributed by atoms with Gasteiger partial charge in [-0.05, 0) is 30.2 Å². The number of fused-ring (bicyclic) bond motifs is 1. The maximum absolute atomic E-state index is 12.2. The molecule has 4 nitrogen and oxygen atoms in total. The number of nitrogen functional groups attached to an aromatic ring is 1. The fraction of sp³-hybridized carbons (Fsp3) is 0.231. The molecule has 0 saturated heterocycles. The zero-order chi connectivity index (χ0) is 12.7. The van der Waals surface area contributed by atoms with E-state index in [0.29, 0.717) is 6.54 Å². The van der Waals surface area contributed by atoms with Crippen molar-refractivity contribution in [3.63, 3.8) is 0 Å². The second-order valence-corrected chi connectivity index (χ2v) is 5.28. The Morgan fingerprint density at radius 3 is 2.78 bits per heavy atom. The molecule has 3 rings (SSSR count). The lowest BCUT2D eigenvalue weighted by atomic mass is 10.1. The van der Waals surface area contributed by atoms with Crippen molar-refractivity contribution < 1.29 is 0 Å². The Morgan fingerprint density at radius 1 is 1.39 bits per heavy atom. The number of thiazole rings is 1. The van der Waals surface area contributed by atoms with Crippen LogP contribution in [0.1, 0.15) is 12.5 Å². The minimum absolute atomic E-state index is 0.0746. The molecule has 0 bridgehead atoms. The summed E-state index contributed by atoms with van der Waals surface area (Å²) in [6, 6.07) is 7.58. The predicted molar refractivity (Wildman–Crippen MR) is 73.3 cm³/mol. The third-order valence-corrected chi connectivity index (χ3v) is 4.34. The zero-order valence-corrected chi connectivity index (χ0v) is 10.8. The smallest absolute Gasteiger partial charge is 0.270 e. The van der Waals surface area contributed by atoms with Crippen molar-refractivity contribution in [3.8, 4) is 0 Å². The number of hydrogen-bond acceptors (Lipinski definition) is 4. The van der Waals surface area contributed by atoms with Crippen LogP contribution in [0.5, 0.6) is 0 Å². The van der Waals surface area contributed by atoms with E-state index in [4.69, 9.17) is 5.73 Å². The molecule has 0 atom stereocenters. The molecule has 0 saturated carbocycles. The Balaban J connectivity index is 2.27. The highest BCUT2D eigenvalue weighted by atomic mass is 32.1. The molecule has 1 aromatic carbocycles. The van der Waals surface area contributed by atoms with Crippen molar-refractivity contribution >= 4 is 22.6 Å². The Hall–Kier alpha value is -1.88. The number of hydrogen-bond donors (Lipinski definition) is 1. The summed E-state index contributed by atoms with van der Waals surface area (Å²) in [6.45, 7) is 3.40. The van der Waals surface area contributed by atoms with E-state index < -0.39 is 0 Å². The Morgan fingerprint density at radius 2 is 2.11 bits per heavy atom. The highest BCUT2D eigenvalue weighted by molar-refractivity contribution is 7.07. The Bertz CT molecular complexity index is 768. The number of nitrogens with two attached hydrogens (primary N) is 1. The second-order valence-electron chi connectivity index (χ2n) is 4.30. The molecule has 1 aromatic heterocycles. The van der Waals surface area contributed by atoms with E-state index in [2.05, 4.69) is 4.99 Å². The van der Waals surface area contributed by atoms with Crippen LogP contribution in [0.25, 0.3) is 5.57 Å². The van der Waals surface area contributed by atoms with E-state index in [-0.39, 0.29) is 5.56 Å². The van der Waals surface area contributed by atoms with Crippen molar-refractivity contribution in [2.75, 3.05) is 12.3 Å².